The van der Waals surface area contributed by atoms with Crippen molar-refractivity contribution in [1.29, 1.82) is 0 Å². The molecule has 3 rings (SSSR count). The molecule has 0 fully saturated rings. The van der Waals surface area contributed by atoms with E-state index in [-0.39, 0.29) is 0 Å². The number of aryl methyl sites for hydroxylation is 2. The van der Waals surface area contributed by atoms with Crippen molar-refractivity contribution in [3.05, 3.63) is 40.7 Å². The van der Waals surface area contributed by atoms with Crippen molar-refractivity contribution in [2.24, 2.45) is 0 Å². The van der Waals surface area contributed by atoms with Crippen LogP contribution in [0.4, 0.5) is 0 Å². The van der Waals surface area contributed by atoms with Crippen LogP contribution in [0.3, 0.4) is 0 Å². The van der Waals surface area contributed by atoms with Gasteiger partial charge in [0.15, 0.2) is 10.6 Å². The Kier molecular flexibility index (Phi) is 2.94. The van der Waals surface area contributed by atoms with Gasteiger partial charge in [-0.1, -0.05) is 6.07 Å². The van der Waals surface area contributed by atoms with Gasteiger partial charge in [0.2, 0.25) is 0 Å². The van der Waals surface area contributed by atoms with Crippen molar-refractivity contribution in [3.8, 4) is 0 Å². The fourth-order valence-corrected chi connectivity index (χ4v) is 2.51. The first-order valence-corrected chi connectivity index (χ1v) is 6.65. The molecule has 0 spiro atoms. The van der Waals surface area contributed by atoms with Crippen LogP contribution in [0.1, 0.15) is 18.3 Å². The first-order valence-electron chi connectivity index (χ1n) is 6.25. The van der Waals surface area contributed by atoms with Crippen LogP contribution in [-0.4, -0.2) is 24.3 Å². The Morgan fingerprint density at radius 1 is 1.37 bits per heavy atom. The van der Waals surface area contributed by atoms with Crippen LogP contribution in [0.2, 0.25) is 0 Å². The molecule has 0 aliphatic carbocycles. The lowest BCUT2D eigenvalue weighted by Crippen LogP contribution is -2.07. The second kappa shape index (κ2) is 4.62. The summed E-state index contributed by atoms with van der Waals surface area (Å²) in [6, 6.07) is 6.28. The molecule has 0 saturated carbocycles. The van der Waals surface area contributed by atoms with E-state index in [0.717, 1.165) is 23.4 Å². The summed E-state index contributed by atoms with van der Waals surface area (Å²) in [6.45, 7) is 5.64. The topological polar surface area (TPSA) is 51.4 Å². The third-order valence-corrected chi connectivity index (χ3v) is 3.59. The van der Waals surface area contributed by atoms with Gasteiger partial charge in [-0.25, -0.2) is 0 Å². The van der Waals surface area contributed by atoms with Crippen molar-refractivity contribution in [2.75, 3.05) is 0 Å². The normalized spacial score (nSPS) is 11.3. The average Bonchev–Trinajstić information content (AvgIpc) is 2.95. The predicted molar refractivity (Wildman–Crippen MR) is 76.7 cm³/mol. The van der Waals surface area contributed by atoms with Crippen molar-refractivity contribution < 1.29 is 0 Å². The molecule has 3 aromatic rings. The Morgan fingerprint density at radius 3 is 3.00 bits per heavy atom. The fourth-order valence-electron chi connectivity index (χ4n) is 2.24. The molecule has 0 radical (unpaired) electrons. The molecule has 6 heteroatoms. The van der Waals surface area contributed by atoms with Gasteiger partial charge in [0, 0.05) is 6.54 Å². The van der Waals surface area contributed by atoms with Crippen LogP contribution < -0.4 is 0 Å². The maximum absolute atomic E-state index is 5.40. The summed E-state index contributed by atoms with van der Waals surface area (Å²) in [7, 11) is 0. The van der Waals surface area contributed by atoms with Gasteiger partial charge in [0.1, 0.15) is 6.33 Å². The lowest BCUT2D eigenvalue weighted by atomic mass is 10.2. The monoisotopic (exact) mass is 273 g/mol. The Labute approximate surface area is 115 Å². The second-order valence-corrected chi connectivity index (χ2v) is 4.96. The van der Waals surface area contributed by atoms with Gasteiger partial charge < -0.3 is 14.1 Å². The maximum Gasteiger partial charge on any atom is 0.178 e. The zero-order valence-corrected chi connectivity index (χ0v) is 11.7. The van der Waals surface area contributed by atoms with Gasteiger partial charge in [-0.2, -0.15) is 0 Å². The van der Waals surface area contributed by atoms with Crippen LogP contribution in [0.5, 0.6) is 0 Å². The van der Waals surface area contributed by atoms with Gasteiger partial charge in [-0.3, -0.25) is 0 Å². The van der Waals surface area contributed by atoms with Crippen LogP contribution in [0.15, 0.2) is 24.5 Å². The molecule has 5 nitrogen and oxygen atoms in total. The minimum atomic E-state index is 0.635. The molecule has 0 saturated heterocycles. The van der Waals surface area contributed by atoms with E-state index in [4.69, 9.17) is 12.2 Å². The first-order chi connectivity index (χ1) is 9.19. The summed E-state index contributed by atoms with van der Waals surface area (Å²) in [5, 5.41) is 8.11. The number of hydrogen-bond acceptors (Lipinski definition) is 3. The van der Waals surface area contributed by atoms with Crippen molar-refractivity contribution in [1.82, 2.24) is 24.3 Å². The zero-order chi connectivity index (χ0) is 13.4. The molecule has 0 aliphatic heterocycles. The van der Waals surface area contributed by atoms with Gasteiger partial charge >= 0.3 is 0 Å². The number of hydrogen-bond donors (Lipinski definition) is 1. The lowest BCUT2D eigenvalue weighted by Gasteiger charge is -2.05. The van der Waals surface area contributed by atoms with Crippen LogP contribution in [0.25, 0.3) is 11.0 Å². The van der Waals surface area contributed by atoms with Crippen molar-refractivity contribution in [3.63, 3.8) is 0 Å². The van der Waals surface area contributed by atoms with Crippen LogP contribution in [0, 0.1) is 11.7 Å². The zero-order valence-electron chi connectivity index (χ0n) is 10.9. The van der Waals surface area contributed by atoms with E-state index in [0.29, 0.717) is 11.3 Å². The molecular weight excluding hydrogens is 258 g/mol. The molecule has 1 aromatic carbocycles. The number of aromatic amines is 1. The summed E-state index contributed by atoms with van der Waals surface area (Å²) in [6.07, 6.45) is 1.75. The molecule has 19 heavy (non-hydrogen) atoms. The Morgan fingerprint density at radius 2 is 2.21 bits per heavy atom. The van der Waals surface area contributed by atoms with E-state index in [9.17, 15) is 0 Å². The summed E-state index contributed by atoms with van der Waals surface area (Å²) < 4.78 is 4.79. The van der Waals surface area contributed by atoms with Gasteiger partial charge in [-0.05, 0) is 43.8 Å². The SMILES string of the molecule is CCn1cnnc1Cn1c(=S)[nH]c2cc(C)ccc21. The lowest BCUT2D eigenvalue weighted by molar-refractivity contribution is 0.655. The largest absolute Gasteiger partial charge is 0.331 e. The highest BCUT2D eigenvalue weighted by atomic mass is 32.1. The number of benzene rings is 1. The minimum Gasteiger partial charge on any atom is -0.331 e. The van der Waals surface area contributed by atoms with E-state index in [1.165, 1.54) is 5.56 Å². The summed E-state index contributed by atoms with van der Waals surface area (Å²) in [4.78, 5) is 3.24. The number of imidazole rings is 1. The third kappa shape index (κ3) is 2.08. The van der Waals surface area contributed by atoms with Crippen LogP contribution >= 0.6 is 12.2 Å². The van der Waals surface area contributed by atoms with E-state index in [2.05, 4.69) is 51.8 Å². The Hall–Kier alpha value is -1.95. The van der Waals surface area contributed by atoms with E-state index >= 15 is 0 Å². The molecule has 2 aromatic heterocycles. The van der Waals surface area contributed by atoms with Gasteiger partial charge in [0.25, 0.3) is 0 Å². The molecule has 0 atom stereocenters. The number of nitrogens with zero attached hydrogens (tertiary/aromatic N) is 4. The summed E-state index contributed by atoms with van der Waals surface area (Å²) >= 11 is 5.40. The average molecular weight is 273 g/mol. The highest BCUT2D eigenvalue weighted by molar-refractivity contribution is 7.71. The maximum atomic E-state index is 5.40. The van der Waals surface area contributed by atoms with E-state index < -0.39 is 0 Å². The van der Waals surface area contributed by atoms with Crippen molar-refractivity contribution >= 4 is 23.3 Å². The first kappa shape index (κ1) is 12.1. The van der Waals surface area contributed by atoms with E-state index in [1.807, 2.05) is 4.57 Å². The highest BCUT2D eigenvalue weighted by Crippen LogP contribution is 2.17. The molecule has 0 aliphatic rings. The second-order valence-electron chi connectivity index (χ2n) is 4.57. The molecule has 1 N–H and O–H groups in total. The quantitative estimate of drug-likeness (QED) is 0.746. The summed E-state index contributed by atoms with van der Waals surface area (Å²) in [5.41, 5.74) is 3.38. The number of fused-ring (bicyclic) bond motifs is 1. The Bertz CT molecular complexity index is 780. The summed E-state index contributed by atoms with van der Waals surface area (Å²) in [5.74, 6) is 0.917. The number of H-pyrrole nitrogens is 1. The molecule has 98 valence electrons. The van der Waals surface area contributed by atoms with Gasteiger partial charge in [0.05, 0.1) is 17.6 Å². The number of nitrogens with one attached hydrogen (secondary N) is 1. The minimum absolute atomic E-state index is 0.635. The third-order valence-electron chi connectivity index (χ3n) is 3.27. The smallest absolute Gasteiger partial charge is 0.178 e. The van der Waals surface area contributed by atoms with Crippen molar-refractivity contribution in [2.45, 2.75) is 26.9 Å². The van der Waals surface area contributed by atoms with Gasteiger partial charge in [-0.15, -0.1) is 10.2 Å². The predicted octanol–water partition coefficient (Wildman–Crippen LogP) is 2.67. The highest BCUT2D eigenvalue weighted by Gasteiger charge is 2.09. The standard InChI is InChI=1S/C13H15N5S/c1-3-17-8-14-16-12(17)7-18-11-5-4-9(2)6-10(11)15-13(18)19/h4-6,8H,3,7H2,1-2H3,(H,15,19). The number of aromatic nitrogens is 5. The molecular formula is C13H15N5S. The molecule has 0 bridgehead atoms. The molecule has 0 unspecified atom stereocenters. The number of rotatable bonds is 3. The molecule has 0 amide bonds. The molecule has 2 heterocycles. The Balaban J connectivity index is 2.10. The fraction of sp³-hybridized carbons (Fsp3) is 0.308. The van der Waals surface area contributed by atoms with E-state index in [1.54, 1.807) is 6.33 Å². The van der Waals surface area contributed by atoms with Crippen LogP contribution in [-0.2, 0) is 13.1 Å².